The minimum atomic E-state index is -0.696. The van der Waals surface area contributed by atoms with Crippen LogP contribution in [-0.4, -0.2) is 72.9 Å². The molecule has 0 bridgehead atoms. The van der Waals surface area contributed by atoms with E-state index >= 15 is 0 Å². The molecule has 2 saturated heterocycles. The Kier molecular flexibility index (Phi) is 11.8. The zero-order valence-electron chi connectivity index (χ0n) is 24.3. The molecular weight excluding hydrogens is 468 g/mol. The minimum Gasteiger partial charge on any atom is -0.462 e. The number of carbonyl (C=O) groups is 2. The summed E-state index contributed by atoms with van der Waals surface area (Å²) in [7, 11) is 0. The topological polar surface area (TPSA) is 110 Å². The molecule has 2 fully saturated rings. The molecule has 212 valence electrons. The molecule has 0 saturated carbocycles. The average Bonchev–Trinajstić information content (AvgIpc) is 3.17. The molecule has 2 aliphatic rings. The van der Waals surface area contributed by atoms with Crippen LogP contribution in [0.1, 0.15) is 95.4 Å². The first-order valence-corrected chi connectivity index (χ1v) is 13.0. The summed E-state index contributed by atoms with van der Waals surface area (Å²) < 4.78 is 33.4. The molecule has 2 heterocycles. The average molecular weight is 519 g/mol. The second kappa shape index (κ2) is 13.0. The van der Waals surface area contributed by atoms with Crippen molar-refractivity contribution in [2.24, 2.45) is 10.8 Å². The SMILES string of the molecule is CC1(C)OC(CCO)[C@@H](COC(=O)C(C)(C)C)O1.CCCC1OC(C)(C)O[C@@H]1COC(=O)C(C)(C)C. The highest BCUT2D eigenvalue weighted by Crippen LogP contribution is 2.32. The van der Waals surface area contributed by atoms with Crippen LogP contribution in [0.2, 0.25) is 0 Å². The van der Waals surface area contributed by atoms with E-state index < -0.39 is 22.4 Å². The van der Waals surface area contributed by atoms with E-state index in [1.807, 2.05) is 48.5 Å². The molecule has 9 heteroatoms. The number of ether oxygens (including phenoxy) is 6. The molecule has 0 aliphatic carbocycles. The first kappa shape index (κ1) is 32.8. The molecule has 0 aromatic rings. The van der Waals surface area contributed by atoms with Crippen molar-refractivity contribution in [1.82, 2.24) is 0 Å². The molecule has 0 spiro atoms. The van der Waals surface area contributed by atoms with Crippen molar-refractivity contribution in [2.75, 3.05) is 19.8 Å². The van der Waals surface area contributed by atoms with Gasteiger partial charge in [-0.25, -0.2) is 0 Å². The van der Waals surface area contributed by atoms with Gasteiger partial charge in [0, 0.05) is 6.61 Å². The van der Waals surface area contributed by atoms with Gasteiger partial charge in [-0.3, -0.25) is 9.59 Å². The zero-order chi connectivity index (χ0) is 27.9. The van der Waals surface area contributed by atoms with E-state index in [0.717, 1.165) is 12.8 Å². The molecular formula is C27H50O9. The summed E-state index contributed by atoms with van der Waals surface area (Å²) >= 11 is 0. The smallest absolute Gasteiger partial charge is 0.311 e. The van der Waals surface area contributed by atoms with Gasteiger partial charge in [-0.05, 0) is 82.1 Å². The van der Waals surface area contributed by atoms with E-state index in [1.165, 1.54) is 0 Å². The number of esters is 2. The predicted octanol–water partition coefficient (Wildman–Crippen LogP) is 4.37. The molecule has 9 nitrogen and oxygen atoms in total. The lowest BCUT2D eigenvalue weighted by atomic mass is 9.97. The van der Waals surface area contributed by atoms with Crippen molar-refractivity contribution < 1.29 is 43.1 Å². The van der Waals surface area contributed by atoms with Gasteiger partial charge >= 0.3 is 11.9 Å². The quantitative estimate of drug-likeness (QED) is 0.468. The Hall–Kier alpha value is -1.26. The minimum absolute atomic E-state index is 0.0118. The highest BCUT2D eigenvalue weighted by atomic mass is 16.8. The van der Waals surface area contributed by atoms with E-state index in [0.29, 0.717) is 6.42 Å². The van der Waals surface area contributed by atoms with Gasteiger partial charge in [0.2, 0.25) is 0 Å². The van der Waals surface area contributed by atoms with Crippen LogP contribution in [0.25, 0.3) is 0 Å². The Bertz CT molecular complexity index is 643. The third kappa shape index (κ3) is 11.0. The lowest BCUT2D eigenvalue weighted by Crippen LogP contribution is -2.32. The summed E-state index contributed by atoms with van der Waals surface area (Å²) in [5, 5.41) is 8.98. The lowest BCUT2D eigenvalue weighted by Gasteiger charge is -2.20. The predicted molar refractivity (Wildman–Crippen MR) is 135 cm³/mol. The van der Waals surface area contributed by atoms with Gasteiger partial charge in [-0.15, -0.1) is 0 Å². The largest absolute Gasteiger partial charge is 0.462 e. The van der Waals surface area contributed by atoms with Gasteiger partial charge in [-0.1, -0.05) is 13.3 Å². The summed E-state index contributed by atoms with van der Waals surface area (Å²) in [5.74, 6) is -1.75. The van der Waals surface area contributed by atoms with Gasteiger partial charge in [0.25, 0.3) is 0 Å². The van der Waals surface area contributed by atoms with E-state index in [1.54, 1.807) is 20.8 Å². The fourth-order valence-corrected chi connectivity index (χ4v) is 3.75. The second-order valence-electron chi connectivity index (χ2n) is 12.4. The van der Waals surface area contributed by atoms with Crippen LogP contribution in [-0.2, 0) is 38.0 Å². The molecule has 2 aliphatic heterocycles. The number of hydrogen-bond acceptors (Lipinski definition) is 9. The summed E-state index contributed by atoms with van der Waals surface area (Å²) in [6.45, 7) is 20.9. The highest BCUT2D eigenvalue weighted by Gasteiger charge is 2.43. The normalized spacial score (nSPS) is 27.2. The number of aliphatic hydroxyl groups is 1. The zero-order valence-corrected chi connectivity index (χ0v) is 24.3. The van der Waals surface area contributed by atoms with Crippen LogP contribution in [0.3, 0.4) is 0 Å². The third-order valence-electron chi connectivity index (χ3n) is 5.54. The molecule has 2 unspecified atom stereocenters. The Morgan fingerprint density at radius 1 is 0.694 bits per heavy atom. The number of aliphatic hydroxyl groups excluding tert-OH is 1. The first-order valence-electron chi connectivity index (χ1n) is 13.0. The van der Waals surface area contributed by atoms with Gasteiger partial charge < -0.3 is 33.5 Å². The van der Waals surface area contributed by atoms with Crippen LogP contribution < -0.4 is 0 Å². The van der Waals surface area contributed by atoms with Crippen molar-refractivity contribution in [2.45, 2.75) is 131 Å². The van der Waals surface area contributed by atoms with Crippen LogP contribution in [0, 0.1) is 10.8 Å². The van der Waals surface area contributed by atoms with Crippen LogP contribution in [0.5, 0.6) is 0 Å². The first-order chi connectivity index (χ1) is 16.3. The van der Waals surface area contributed by atoms with Crippen LogP contribution >= 0.6 is 0 Å². The maximum absolute atomic E-state index is 11.7. The van der Waals surface area contributed by atoms with Crippen molar-refractivity contribution >= 4 is 11.9 Å². The van der Waals surface area contributed by atoms with Gasteiger partial charge in [0.1, 0.15) is 25.4 Å². The van der Waals surface area contributed by atoms with Crippen LogP contribution in [0.4, 0.5) is 0 Å². The fourth-order valence-electron chi connectivity index (χ4n) is 3.75. The van der Waals surface area contributed by atoms with Crippen molar-refractivity contribution in [3.05, 3.63) is 0 Å². The molecule has 0 aromatic heterocycles. The van der Waals surface area contributed by atoms with E-state index in [2.05, 4.69) is 6.92 Å². The molecule has 1 N–H and O–H groups in total. The fraction of sp³-hybridized carbons (Fsp3) is 0.926. The second-order valence-corrected chi connectivity index (χ2v) is 12.4. The lowest BCUT2D eigenvalue weighted by molar-refractivity contribution is -0.165. The molecule has 0 amide bonds. The molecule has 0 aromatic carbocycles. The van der Waals surface area contributed by atoms with Gasteiger partial charge in [-0.2, -0.15) is 0 Å². The summed E-state index contributed by atoms with van der Waals surface area (Å²) in [4.78, 5) is 23.4. The van der Waals surface area contributed by atoms with E-state index in [4.69, 9.17) is 33.5 Å². The summed E-state index contributed by atoms with van der Waals surface area (Å²) in [6, 6.07) is 0. The molecule has 4 atom stereocenters. The van der Waals surface area contributed by atoms with E-state index in [-0.39, 0.29) is 56.2 Å². The van der Waals surface area contributed by atoms with Gasteiger partial charge in [0.05, 0.1) is 23.0 Å². The van der Waals surface area contributed by atoms with E-state index in [9.17, 15) is 9.59 Å². The summed E-state index contributed by atoms with van der Waals surface area (Å²) in [5.41, 5.74) is -1.00. The summed E-state index contributed by atoms with van der Waals surface area (Å²) in [6.07, 6.45) is 1.70. The molecule has 2 rings (SSSR count). The van der Waals surface area contributed by atoms with Crippen LogP contribution in [0.15, 0.2) is 0 Å². The highest BCUT2D eigenvalue weighted by molar-refractivity contribution is 5.75. The number of hydrogen-bond donors (Lipinski definition) is 1. The number of rotatable bonds is 8. The maximum atomic E-state index is 11.7. The standard InChI is InChI=1S/C14H26O4.C13H24O5/c1-7-8-10-11(18-14(5,6)17-10)9-16-12(15)13(2,3)4;1-12(2,3)11(15)16-8-10-9(6-7-14)17-13(4,5)18-10/h10-11H,7-9H2,1-6H3;9-10,14H,6-8H2,1-5H3/t10?,11-;9?,10-/m11/s1. The van der Waals surface area contributed by atoms with Crippen molar-refractivity contribution in [1.29, 1.82) is 0 Å². The molecule has 36 heavy (non-hydrogen) atoms. The number of carbonyl (C=O) groups excluding carboxylic acids is 2. The Balaban J connectivity index is 0.000000360. The van der Waals surface area contributed by atoms with Crippen molar-refractivity contribution in [3.63, 3.8) is 0 Å². The molecule has 0 radical (unpaired) electrons. The Morgan fingerprint density at radius 3 is 1.33 bits per heavy atom. The van der Waals surface area contributed by atoms with Crippen molar-refractivity contribution in [3.8, 4) is 0 Å². The van der Waals surface area contributed by atoms with Gasteiger partial charge in [0.15, 0.2) is 11.6 Å². The Labute approximate surface area is 217 Å². The third-order valence-corrected chi connectivity index (χ3v) is 5.54. The Morgan fingerprint density at radius 2 is 1.03 bits per heavy atom. The monoisotopic (exact) mass is 518 g/mol. The maximum Gasteiger partial charge on any atom is 0.311 e.